The molecule has 1 N–H and O–H groups in total. The second-order valence-electron chi connectivity index (χ2n) is 9.72. The Morgan fingerprint density at radius 1 is 0.923 bits per heavy atom. The molecule has 0 unspecified atom stereocenters. The molecule has 3 aromatic rings. The average Bonchev–Trinajstić information content (AvgIpc) is 2.91. The van der Waals surface area contributed by atoms with Crippen LogP contribution in [0.5, 0.6) is 0 Å². The van der Waals surface area contributed by atoms with Crippen molar-refractivity contribution in [1.29, 1.82) is 0 Å². The molecular formula is C30H36ClN3O4S. The lowest BCUT2D eigenvalue weighted by atomic mass is 10.1. The Morgan fingerprint density at radius 2 is 1.54 bits per heavy atom. The van der Waals surface area contributed by atoms with Crippen molar-refractivity contribution >= 4 is 39.1 Å². The number of carbonyl (C=O) groups excluding carboxylic acids is 2. The minimum Gasteiger partial charge on any atom is -0.352 e. The predicted molar refractivity (Wildman–Crippen MR) is 156 cm³/mol. The van der Waals surface area contributed by atoms with E-state index in [4.69, 9.17) is 11.6 Å². The van der Waals surface area contributed by atoms with Crippen LogP contribution < -0.4 is 9.62 Å². The predicted octanol–water partition coefficient (Wildman–Crippen LogP) is 5.48. The van der Waals surface area contributed by atoms with Crippen molar-refractivity contribution in [2.75, 3.05) is 10.8 Å². The summed E-state index contributed by atoms with van der Waals surface area (Å²) in [5, 5.41) is 3.37. The molecule has 39 heavy (non-hydrogen) atoms. The number of hydrogen-bond acceptors (Lipinski definition) is 4. The number of benzene rings is 3. The molecule has 0 radical (unpaired) electrons. The van der Waals surface area contributed by atoms with E-state index in [1.54, 1.807) is 68.4 Å². The number of halogens is 1. The fraction of sp³-hybridized carbons (Fsp3) is 0.333. The summed E-state index contributed by atoms with van der Waals surface area (Å²) in [4.78, 5) is 28.6. The monoisotopic (exact) mass is 569 g/mol. The van der Waals surface area contributed by atoms with Crippen LogP contribution in [0.25, 0.3) is 0 Å². The molecule has 0 aliphatic rings. The second-order valence-corrected chi connectivity index (χ2v) is 12.0. The largest absolute Gasteiger partial charge is 0.352 e. The molecule has 0 spiro atoms. The summed E-state index contributed by atoms with van der Waals surface area (Å²) in [6.45, 7) is 8.70. The van der Waals surface area contributed by atoms with Crippen molar-refractivity contribution in [1.82, 2.24) is 10.2 Å². The van der Waals surface area contributed by atoms with Gasteiger partial charge < -0.3 is 10.2 Å². The van der Waals surface area contributed by atoms with E-state index < -0.39 is 28.5 Å². The summed E-state index contributed by atoms with van der Waals surface area (Å²) in [7, 11) is -4.11. The molecule has 2 amide bonds. The number of amides is 2. The van der Waals surface area contributed by atoms with Gasteiger partial charge in [0.05, 0.1) is 10.6 Å². The summed E-state index contributed by atoms with van der Waals surface area (Å²) in [6.07, 6.45) is 0.729. The summed E-state index contributed by atoms with van der Waals surface area (Å²) in [5.74, 6) is -0.853. The Bertz CT molecular complexity index is 1410. The van der Waals surface area contributed by atoms with E-state index in [1.807, 2.05) is 26.8 Å². The van der Waals surface area contributed by atoms with Crippen LogP contribution in [0.3, 0.4) is 0 Å². The number of sulfonamides is 1. The molecule has 0 bridgehead atoms. The molecule has 0 aliphatic carbocycles. The molecule has 0 heterocycles. The van der Waals surface area contributed by atoms with E-state index >= 15 is 0 Å². The van der Waals surface area contributed by atoms with E-state index in [9.17, 15) is 18.0 Å². The van der Waals surface area contributed by atoms with Gasteiger partial charge in [-0.05, 0) is 69.5 Å². The molecule has 2 atom stereocenters. The maximum absolute atomic E-state index is 14.0. The minimum atomic E-state index is -4.11. The molecular weight excluding hydrogens is 534 g/mol. The minimum absolute atomic E-state index is 0.0415. The lowest BCUT2D eigenvalue weighted by Gasteiger charge is -2.33. The number of nitrogens with one attached hydrogen (secondary N) is 1. The van der Waals surface area contributed by atoms with Gasteiger partial charge in [0, 0.05) is 17.6 Å². The van der Waals surface area contributed by atoms with Crippen molar-refractivity contribution in [3.05, 3.63) is 94.5 Å². The first-order valence-electron chi connectivity index (χ1n) is 12.9. The standard InChI is InChI=1S/C30H36ClN3O4S/c1-6-23(4)32-30(36)24(5)33(19-25-12-8-9-13-27(25)31)29(35)20-34(28-14-10-7-11-22(28)3)39(37,38)26-17-15-21(2)16-18-26/h7-18,23-24H,6,19-20H2,1-5H3,(H,32,36)/t23-,24+/m1/s1. The van der Waals surface area contributed by atoms with Gasteiger partial charge in [-0.1, -0.05) is 72.6 Å². The van der Waals surface area contributed by atoms with E-state index in [0.29, 0.717) is 21.8 Å². The van der Waals surface area contributed by atoms with Crippen LogP contribution in [0.15, 0.2) is 77.7 Å². The van der Waals surface area contributed by atoms with E-state index in [0.717, 1.165) is 16.3 Å². The normalized spacial score (nSPS) is 12.9. The highest BCUT2D eigenvalue weighted by molar-refractivity contribution is 7.92. The third-order valence-electron chi connectivity index (χ3n) is 6.74. The highest BCUT2D eigenvalue weighted by atomic mass is 35.5. The molecule has 7 nitrogen and oxygen atoms in total. The maximum Gasteiger partial charge on any atom is 0.264 e. The molecule has 3 aromatic carbocycles. The number of para-hydroxylation sites is 1. The van der Waals surface area contributed by atoms with Gasteiger partial charge in [-0.3, -0.25) is 13.9 Å². The van der Waals surface area contributed by atoms with Gasteiger partial charge in [0.1, 0.15) is 12.6 Å². The molecule has 0 fully saturated rings. The zero-order chi connectivity index (χ0) is 28.7. The van der Waals surface area contributed by atoms with Crippen molar-refractivity contribution in [2.45, 2.75) is 64.6 Å². The Hall–Kier alpha value is -3.36. The van der Waals surface area contributed by atoms with Crippen LogP contribution in [-0.2, 0) is 26.2 Å². The first kappa shape index (κ1) is 30.2. The van der Waals surface area contributed by atoms with Gasteiger partial charge in [0.2, 0.25) is 11.8 Å². The summed E-state index contributed by atoms with van der Waals surface area (Å²) in [5.41, 5.74) is 2.65. The summed E-state index contributed by atoms with van der Waals surface area (Å²) < 4.78 is 28.9. The van der Waals surface area contributed by atoms with Crippen LogP contribution >= 0.6 is 11.6 Å². The maximum atomic E-state index is 14.0. The second kappa shape index (κ2) is 13.1. The van der Waals surface area contributed by atoms with Crippen LogP contribution in [-0.4, -0.2) is 43.8 Å². The van der Waals surface area contributed by atoms with Crippen molar-refractivity contribution in [3.63, 3.8) is 0 Å². The number of hydrogen-bond donors (Lipinski definition) is 1. The van der Waals surface area contributed by atoms with Gasteiger partial charge in [0.25, 0.3) is 10.0 Å². The van der Waals surface area contributed by atoms with E-state index in [2.05, 4.69) is 5.32 Å². The van der Waals surface area contributed by atoms with Gasteiger partial charge >= 0.3 is 0 Å². The number of aryl methyl sites for hydroxylation is 2. The number of rotatable bonds is 11. The van der Waals surface area contributed by atoms with Gasteiger partial charge in [-0.15, -0.1) is 0 Å². The Morgan fingerprint density at radius 3 is 2.15 bits per heavy atom. The molecule has 0 aliphatic heterocycles. The Kier molecular flexibility index (Phi) is 10.2. The van der Waals surface area contributed by atoms with E-state index in [-0.39, 0.29) is 23.4 Å². The van der Waals surface area contributed by atoms with Crippen molar-refractivity contribution in [2.24, 2.45) is 0 Å². The first-order valence-corrected chi connectivity index (χ1v) is 14.8. The summed E-state index contributed by atoms with van der Waals surface area (Å²) >= 11 is 6.41. The number of nitrogens with zero attached hydrogens (tertiary/aromatic N) is 2. The van der Waals surface area contributed by atoms with Gasteiger partial charge in [-0.2, -0.15) is 0 Å². The fourth-order valence-electron chi connectivity index (χ4n) is 4.05. The molecule has 0 saturated carbocycles. The van der Waals surface area contributed by atoms with Crippen LogP contribution in [0, 0.1) is 13.8 Å². The molecule has 9 heteroatoms. The lowest BCUT2D eigenvalue weighted by molar-refractivity contribution is -0.139. The van der Waals surface area contributed by atoms with Crippen LogP contribution in [0.1, 0.15) is 43.9 Å². The Balaban J connectivity index is 2.05. The molecule has 0 aromatic heterocycles. The van der Waals surface area contributed by atoms with Crippen LogP contribution in [0.2, 0.25) is 5.02 Å². The Labute approximate surface area is 236 Å². The highest BCUT2D eigenvalue weighted by Crippen LogP contribution is 2.28. The SMILES string of the molecule is CC[C@@H](C)NC(=O)[C@H](C)N(Cc1ccccc1Cl)C(=O)CN(c1ccccc1C)S(=O)(=O)c1ccc(C)cc1. The van der Waals surface area contributed by atoms with Crippen molar-refractivity contribution in [3.8, 4) is 0 Å². The highest BCUT2D eigenvalue weighted by Gasteiger charge is 2.33. The lowest BCUT2D eigenvalue weighted by Crippen LogP contribution is -2.52. The van der Waals surface area contributed by atoms with Crippen LogP contribution in [0.4, 0.5) is 5.69 Å². The third kappa shape index (κ3) is 7.40. The fourth-order valence-corrected chi connectivity index (χ4v) is 5.73. The summed E-state index contributed by atoms with van der Waals surface area (Å²) in [6, 6.07) is 19.6. The molecule has 0 saturated heterocycles. The smallest absolute Gasteiger partial charge is 0.264 e. The first-order chi connectivity index (χ1) is 18.4. The topological polar surface area (TPSA) is 86.8 Å². The zero-order valence-corrected chi connectivity index (χ0v) is 24.6. The van der Waals surface area contributed by atoms with Gasteiger partial charge in [-0.25, -0.2) is 8.42 Å². The molecule has 208 valence electrons. The van der Waals surface area contributed by atoms with E-state index in [1.165, 1.54) is 17.0 Å². The average molecular weight is 570 g/mol. The number of anilines is 1. The number of carbonyl (C=O) groups is 2. The van der Waals surface area contributed by atoms with Crippen molar-refractivity contribution < 1.29 is 18.0 Å². The third-order valence-corrected chi connectivity index (χ3v) is 8.88. The quantitative estimate of drug-likeness (QED) is 0.331. The zero-order valence-electron chi connectivity index (χ0n) is 23.0. The van der Waals surface area contributed by atoms with Gasteiger partial charge in [0.15, 0.2) is 0 Å². The molecule has 3 rings (SSSR count).